The summed E-state index contributed by atoms with van der Waals surface area (Å²) in [6, 6.07) is 17.3. The molecule has 34 heavy (non-hydrogen) atoms. The lowest BCUT2D eigenvalue weighted by atomic mass is 10.1. The lowest BCUT2D eigenvalue weighted by molar-refractivity contribution is -0.119. The number of carbonyl (C=O) groups is 1. The zero-order valence-corrected chi connectivity index (χ0v) is 19.4. The summed E-state index contributed by atoms with van der Waals surface area (Å²) in [4.78, 5) is 24.4. The Morgan fingerprint density at radius 2 is 1.91 bits per heavy atom. The van der Waals surface area contributed by atoms with Crippen LogP contribution in [0, 0.1) is 6.92 Å². The molecule has 1 unspecified atom stereocenters. The van der Waals surface area contributed by atoms with E-state index in [2.05, 4.69) is 25.6 Å². The maximum absolute atomic E-state index is 11.2. The molecule has 0 aliphatic carbocycles. The number of aryl methyl sites for hydroxylation is 1. The highest BCUT2D eigenvalue weighted by molar-refractivity contribution is 5.95. The highest BCUT2D eigenvalue weighted by Gasteiger charge is 2.14. The average molecular weight is 458 g/mol. The van der Waals surface area contributed by atoms with Crippen molar-refractivity contribution in [2.75, 3.05) is 11.9 Å². The van der Waals surface area contributed by atoms with Crippen LogP contribution in [-0.2, 0) is 11.4 Å². The van der Waals surface area contributed by atoms with E-state index in [0.717, 1.165) is 33.6 Å². The van der Waals surface area contributed by atoms with Crippen LogP contribution in [0.25, 0.3) is 10.9 Å². The van der Waals surface area contributed by atoms with Crippen LogP contribution >= 0.6 is 0 Å². The first-order valence-corrected chi connectivity index (χ1v) is 11.0. The highest BCUT2D eigenvalue weighted by atomic mass is 16.5. The molecule has 8 nitrogen and oxygen atoms in total. The van der Waals surface area contributed by atoms with Gasteiger partial charge in [-0.15, -0.1) is 0 Å². The van der Waals surface area contributed by atoms with Gasteiger partial charge in [-0.2, -0.15) is 0 Å². The van der Waals surface area contributed by atoms with Crippen LogP contribution in [0.5, 0.6) is 11.5 Å². The number of pyridine rings is 1. The molecular weight excluding hydrogens is 430 g/mol. The van der Waals surface area contributed by atoms with Crippen LogP contribution in [0.2, 0.25) is 0 Å². The maximum atomic E-state index is 11.2. The number of hydrogen-bond donors (Lipinski definition) is 2. The summed E-state index contributed by atoms with van der Waals surface area (Å²) in [6.07, 6.45) is 3.05. The van der Waals surface area contributed by atoms with Crippen LogP contribution in [0.3, 0.4) is 0 Å². The molecule has 1 amide bonds. The molecule has 1 atom stereocenters. The third-order valence-corrected chi connectivity index (χ3v) is 5.13. The van der Waals surface area contributed by atoms with E-state index in [1.165, 1.54) is 13.3 Å². The fourth-order valence-electron chi connectivity index (χ4n) is 3.48. The topological polar surface area (TPSA) is 98.3 Å². The van der Waals surface area contributed by atoms with Crippen molar-refractivity contribution in [3.05, 3.63) is 78.4 Å². The first-order chi connectivity index (χ1) is 16.5. The van der Waals surface area contributed by atoms with E-state index < -0.39 is 0 Å². The van der Waals surface area contributed by atoms with E-state index >= 15 is 0 Å². The van der Waals surface area contributed by atoms with Crippen molar-refractivity contribution in [2.24, 2.45) is 0 Å². The number of anilines is 2. The molecule has 0 spiro atoms. The molecule has 0 bridgehead atoms. The number of ether oxygens (including phenoxy) is 2. The number of carbonyl (C=O) groups excluding carboxylic acids is 1. The smallest absolute Gasteiger partial charge is 0.217 e. The molecule has 2 heterocycles. The lowest BCUT2D eigenvalue weighted by Gasteiger charge is -2.18. The first-order valence-electron chi connectivity index (χ1n) is 11.0. The number of nitrogens with one attached hydrogen (secondary N) is 2. The number of aromatic nitrogens is 3. The van der Waals surface area contributed by atoms with Crippen molar-refractivity contribution in [1.82, 2.24) is 20.3 Å². The van der Waals surface area contributed by atoms with Gasteiger partial charge >= 0.3 is 0 Å². The Balaban J connectivity index is 1.53. The summed E-state index contributed by atoms with van der Waals surface area (Å²) in [5.74, 6) is 1.97. The SMILES string of the molecule is CC(=O)NCC(C)Oc1cccc2ncnc(Nc3ccc(OCc4ccccn4)c(C)c3)c12. The molecule has 0 radical (unpaired) electrons. The highest BCUT2D eigenvalue weighted by Crippen LogP contribution is 2.33. The summed E-state index contributed by atoms with van der Waals surface area (Å²) in [6.45, 7) is 6.19. The Labute approximate surface area is 198 Å². The second kappa shape index (κ2) is 10.6. The number of nitrogens with zero attached hydrogens (tertiary/aromatic N) is 3. The van der Waals surface area contributed by atoms with E-state index in [1.54, 1.807) is 6.20 Å². The third kappa shape index (κ3) is 5.78. The van der Waals surface area contributed by atoms with Crippen molar-refractivity contribution in [3.8, 4) is 11.5 Å². The summed E-state index contributed by atoms with van der Waals surface area (Å²) < 4.78 is 12.0. The van der Waals surface area contributed by atoms with Crippen molar-refractivity contribution in [3.63, 3.8) is 0 Å². The minimum atomic E-state index is -0.222. The maximum Gasteiger partial charge on any atom is 0.217 e. The number of rotatable bonds is 9. The van der Waals surface area contributed by atoms with Gasteiger partial charge in [-0.3, -0.25) is 9.78 Å². The standard InChI is InChI=1S/C26H27N5O3/c1-17-13-20(10-11-23(17)33-15-21-7-4-5-12-27-21)31-26-25-22(29-16-30-26)8-6-9-24(25)34-18(2)14-28-19(3)32/h4-13,16,18H,14-15H2,1-3H3,(H,28,32)(H,29,30,31). The largest absolute Gasteiger partial charge is 0.488 e. The molecule has 2 aromatic carbocycles. The molecule has 2 aromatic heterocycles. The zero-order valence-electron chi connectivity index (χ0n) is 19.4. The molecule has 174 valence electrons. The van der Waals surface area contributed by atoms with Gasteiger partial charge in [0.05, 0.1) is 23.1 Å². The second-order valence-corrected chi connectivity index (χ2v) is 7.95. The molecule has 0 saturated carbocycles. The van der Waals surface area contributed by atoms with Gasteiger partial charge in [0.25, 0.3) is 0 Å². The zero-order chi connectivity index (χ0) is 23.9. The van der Waals surface area contributed by atoms with Gasteiger partial charge < -0.3 is 20.1 Å². The summed E-state index contributed by atoms with van der Waals surface area (Å²) >= 11 is 0. The molecule has 0 aliphatic rings. The predicted molar refractivity (Wildman–Crippen MR) is 131 cm³/mol. The molecule has 0 fully saturated rings. The molecule has 8 heteroatoms. The van der Waals surface area contributed by atoms with Gasteiger partial charge in [-0.25, -0.2) is 9.97 Å². The fourth-order valence-corrected chi connectivity index (χ4v) is 3.48. The molecule has 0 aliphatic heterocycles. The van der Waals surface area contributed by atoms with Gasteiger partial charge in [0.1, 0.15) is 36.4 Å². The van der Waals surface area contributed by atoms with Crippen molar-refractivity contribution in [2.45, 2.75) is 33.5 Å². The van der Waals surface area contributed by atoms with E-state index in [9.17, 15) is 4.79 Å². The second-order valence-electron chi connectivity index (χ2n) is 7.95. The number of benzene rings is 2. The Morgan fingerprint density at radius 1 is 1.03 bits per heavy atom. The Bertz CT molecular complexity index is 1270. The van der Waals surface area contributed by atoms with E-state index in [4.69, 9.17) is 9.47 Å². The molecule has 0 saturated heterocycles. The van der Waals surface area contributed by atoms with Crippen LogP contribution < -0.4 is 20.1 Å². The fraction of sp³-hybridized carbons (Fsp3) is 0.231. The van der Waals surface area contributed by atoms with Crippen molar-refractivity contribution < 1.29 is 14.3 Å². The lowest BCUT2D eigenvalue weighted by Crippen LogP contribution is -2.32. The summed E-state index contributed by atoms with van der Waals surface area (Å²) in [5.41, 5.74) is 3.48. The minimum absolute atomic E-state index is 0.0955. The normalized spacial score (nSPS) is 11.6. The quantitative estimate of drug-likeness (QED) is 0.380. The van der Waals surface area contributed by atoms with Crippen molar-refractivity contribution in [1.29, 1.82) is 0 Å². The van der Waals surface area contributed by atoms with E-state index in [1.807, 2.05) is 68.4 Å². The van der Waals surface area contributed by atoms with Crippen LogP contribution in [0.1, 0.15) is 25.1 Å². The van der Waals surface area contributed by atoms with E-state index in [-0.39, 0.29) is 12.0 Å². The Morgan fingerprint density at radius 3 is 2.68 bits per heavy atom. The van der Waals surface area contributed by atoms with Crippen LogP contribution in [0.15, 0.2) is 67.1 Å². The van der Waals surface area contributed by atoms with Crippen molar-refractivity contribution >= 4 is 28.3 Å². The van der Waals surface area contributed by atoms with Crippen LogP contribution in [-0.4, -0.2) is 33.5 Å². The summed E-state index contributed by atoms with van der Waals surface area (Å²) in [7, 11) is 0. The predicted octanol–water partition coefficient (Wildman–Crippen LogP) is 4.56. The molecular formula is C26H27N5O3. The average Bonchev–Trinajstić information content (AvgIpc) is 2.83. The Hall–Kier alpha value is -4.20. The Kier molecular flexibility index (Phi) is 7.17. The van der Waals surface area contributed by atoms with Gasteiger partial charge in [-0.05, 0) is 61.9 Å². The first kappa shape index (κ1) is 23.0. The summed E-state index contributed by atoms with van der Waals surface area (Å²) in [5, 5.41) is 6.93. The molecule has 4 aromatic rings. The molecule has 4 rings (SSSR count). The van der Waals surface area contributed by atoms with Crippen LogP contribution in [0.4, 0.5) is 11.5 Å². The molecule has 2 N–H and O–H groups in total. The minimum Gasteiger partial charge on any atom is -0.488 e. The number of fused-ring (bicyclic) bond motifs is 1. The number of amides is 1. The van der Waals surface area contributed by atoms with Gasteiger partial charge in [0, 0.05) is 18.8 Å². The van der Waals surface area contributed by atoms with Gasteiger partial charge in [0.2, 0.25) is 5.91 Å². The monoisotopic (exact) mass is 457 g/mol. The number of hydrogen-bond acceptors (Lipinski definition) is 7. The van der Waals surface area contributed by atoms with Gasteiger partial charge in [0.15, 0.2) is 0 Å². The van der Waals surface area contributed by atoms with Gasteiger partial charge in [-0.1, -0.05) is 12.1 Å². The third-order valence-electron chi connectivity index (χ3n) is 5.13. The van der Waals surface area contributed by atoms with E-state index in [0.29, 0.717) is 24.7 Å².